The van der Waals surface area contributed by atoms with Gasteiger partial charge in [0.2, 0.25) is 5.91 Å². The summed E-state index contributed by atoms with van der Waals surface area (Å²) in [6.07, 6.45) is 1.44. The molecule has 0 unspecified atom stereocenters. The third-order valence-electron chi connectivity index (χ3n) is 5.36. The highest BCUT2D eigenvalue weighted by Gasteiger charge is 2.14. The lowest BCUT2D eigenvalue weighted by atomic mass is 10.1. The molecule has 2 aromatic carbocycles. The normalized spacial score (nSPS) is 10.9. The van der Waals surface area contributed by atoms with Crippen molar-refractivity contribution in [3.63, 3.8) is 0 Å². The SMILES string of the molecule is Cc1ccc(CNC(=O)c2ccc3nn(CC(=O)Nc4ccc(C)cc4C)c(=O)n3c2)cc1. The van der Waals surface area contributed by atoms with Crippen LogP contribution in [-0.2, 0) is 17.9 Å². The van der Waals surface area contributed by atoms with E-state index in [9.17, 15) is 14.4 Å². The molecule has 2 N–H and O–H groups in total. The summed E-state index contributed by atoms with van der Waals surface area (Å²) >= 11 is 0. The van der Waals surface area contributed by atoms with E-state index in [4.69, 9.17) is 0 Å². The molecule has 33 heavy (non-hydrogen) atoms. The second-order valence-electron chi connectivity index (χ2n) is 8.12. The zero-order valence-corrected chi connectivity index (χ0v) is 18.8. The first-order valence-corrected chi connectivity index (χ1v) is 10.6. The van der Waals surface area contributed by atoms with E-state index >= 15 is 0 Å². The van der Waals surface area contributed by atoms with E-state index in [0.29, 0.717) is 23.4 Å². The molecule has 0 bridgehead atoms. The quantitative estimate of drug-likeness (QED) is 0.479. The van der Waals surface area contributed by atoms with Crippen molar-refractivity contribution in [1.82, 2.24) is 19.5 Å². The minimum absolute atomic E-state index is 0.233. The lowest BCUT2D eigenvalue weighted by molar-refractivity contribution is -0.117. The maximum atomic E-state index is 12.8. The third-order valence-corrected chi connectivity index (χ3v) is 5.36. The highest BCUT2D eigenvalue weighted by atomic mass is 16.2. The summed E-state index contributed by atoms with van der Waals surface area (Å²) in [5.74, 6) is -0.659. The van der Waals surface area contributed by atoms with Crippen LogP contribution in [0.4, 0.5) is 5.69 Å². The van der Waals surface area contributed by atoms with Crippen LogP contribution in [0.5, 0.6) is 0 Å². The molecule has 0 spiro atoms. The van der Waals surface area contributed by atoms with Crippen molar-refractivity contribution in [3.8, 4) is 0 Å². The molecule has 0 saturated carbocycles. The number of rotatable bonds is 6. The average molecular weight is 444 g/mol. The van der Waals surface area contributed by atoms with Crippen molar-refractivity contribution in [1.29, 1.82) is 0 Å². The average Bonchev–Trinajstić information content (AvgIpc) is 3.09. The van der Waals surface area contributed by atoms with Crippen LogP contribution in [0.2, 0.25) is 0 Å². The van der Waals surface area contributed by atoms with Gasteiger partial charge in [0.05, 0.1) is 5.56 Å². The predicted molar refractivity (Wildman–Crippen MR) is 126 cm³/mol. The van der Waals surface area contributed by atoms with E-state index in [1.165, 1.54) is 10.6 Å². The van der Waals surface area contributed by atoms with Gasteiger partial charge in [-0.15, -0.1) is 5.10 Å². The molecular formula is C25H25N5O3. The van der Waals surface area contributed by atoms with Gasteiger partial charge < -0.3 is 10.6 Å². The summed E-state index contributed by atoms with van der Waals surface area (Å²) in [5, 5.41) is 9.87. The number of carbonyl (C=O) groups excluding carboxylic acids is 2. The topological polar surface area (TPSA) is 97.5 Å². The Balaban J connectivity index is 1.47. The van der Waals surface area contributed by atoms with Gasteiger partial charge in [-0.2, -0.15) is 0 Å². The number of aryl methyl sites for hydroxylation is 3. The Kier molecular flexibility index (Phi) is 6.08. The molecule has 0 saturated heterocycles. The minimum atomic E-state index is -0.492. The number of nitrogens with one attached hydrogen (secondary N) is 2. The predicted octanol–water partition coefficient (Wildman–Crippen LogP) is 2.99. The Morgan fingerprint density at radius 2 is 1.67 bits per heavy atom. The molecule has 8 heteroatoms. The maximum Gasteiger partial charge on any atom is 0.350 e. The molecule has 2 amide bonds. The Hall–Kier alpha value is -4.20. The van der Waals surface area contributed by atoms with E-state index in [1.807, 2.05) is 63.2 Å². The van der Waals surface area contributed by atoms with Crippen LogP contribution in [0.3, 0.4) is 0 Å². The van der Waals surface area contributed by atoms with Gasteiger partial charge >= 0.3 is 5.69 Å². The minimum Gasteiger partial charge on any atom is -0.348 e. The van der Waals surface area contributed by atoms with Crippen LogP contribution >= 0.6 is 0 Å². The van der Waals surface area contributed by atoms with Gasteiger partial charge in [-0.25, -0.2) is 13.9 Å². The Morgan fingerprint density at radius 1 is 0.939 bits per heavy atom. The number of carbonyl (C=O) groups is 2. The number of benzene rings is 2. The zero-order chi connectivity index (χ0) is 23.5. The molecule has 0 aliphatic heterocycles. The highest BCUT2D eigenvalue weighted by molar-refractivity contribution is 5.94. The van der Waals surface area contributed by atoms with Gasteiger partial charge in [0.25, 0.3) is 5.91 Å². The van der Waals surface area contributed by atoms with Crippen molar-refractivity contribution in [2.75, 3.05) is 5.32 Å². The number of pyridine rings is 1. The molecule has 8 nitrogen and oxygen atoms in total. The fourth-order valence-electron chi connectivity index (χ4n) is 3.53. The van der Waals surface area contributed by atoms with Crippen LogP contribution in [-0.4, -0.2) is 26.0 Å². The lowest BCUT2D eigenvalue weighted by Gasteiger charge is -2.08. The summed E-state index contributed by atoms with van der Waals surface area (Å²) in [5.41, 5.74) is 5.05. The van der Waals surface area contributed by atoms with E-state index in [1.54, 1.807) is 12.1 Å². The first-order chi connectivity index (χ1) is 15.8. The van der Waals surface area contributed by atoms with Crippen LogP contribution in [0.15, 0.2) is 65.6 Å². The van der Waals surface area contributed by atoms with Crippen molar-refractivity contribution in [3.05, 3.63) is 99.1 Å². The van der Waals surface area contributed by atoms with Crippen LogP contribution in [0.1, 0.15) is 32.6 Å². The van der Waals surface area contributed by atoms with Gasteiger partial charge in [0.1, 0.15) is 6.54 Å². The first kappa shape index (κ1) is 22.0. The number of hydrogen-bond acceptors (Lipinski definition) is 4. The standard InChI is InChI=1S/C25H25N5O3/c1-16-4-7-19(8-5-16)13-26-24(32)20-9-11-22-28-30(25(33)29(22)14-20)15-23(31)27-21-10-6-17(2)12-18(21)3/h4-12,14H,13,15H2,1-3H3,(H,26,32)(H,27,31). The molecule has 0 aliphatic carbocycles. The molecule has 4 aromatic rings. The molecule has 4 rings (SSSR count). The first-order valence-electron chi connectivity index (χ1n) is 10.6. The molecule has 0 radical (unpaired) electrons. The van der Waals surface area contributed by atoms with Crippen LogP contribution in [0, 0.1) is 20.8 Å². The smallest absolute Gasteiger partial charge is 0.348 e. The summed E-state index contributed by atoms with van der Waals surface area (Å²) < 4.78 is 2.35. The number of hydrogen-bond donors (Lipinski definition) is 2. The molecule has 168 valence electrons. The number of fused-ring (bicyclic) bond motifs is 1. The van der Waals surface area contributed by atoms with Gasteiger partial charge in [-0.1, -0.05) is 47.5 Å². The summed E-state index contributed by atoms with van der Waals surface area (Å²) in [4.78, 5) is 37.8. The number of aromatic nitrogens is 3. The van der Waals surface area contributed by atoms with Crippen molar-refractivity contribution in [2.24, 2.45) is 0 Å². The van der Waals surface area contributed by atoms with Crippen LogP contribution in [0.25, 0.3) is 5.65 Å². The second-order valence-corrected chi connectivity index (χ2v) is 8.12. The summed E-state index contributed by atoms with van der Waals surface area (Å²) in [6, 6.07) is 16.8. The largest absolute Gasteiger partial charge is 0.350 e. The summed E-state index contributed by atoms with van der Waals surface area (Å²) in [6.45, 7) is 6.03. The molecule has 2 heterocycles. The fraction of sp³-hybridized carbons (Fsp3) is 0.200. The van der Waals surface area contributed by atoms with Gasteiger partial charge in [0.15, 0.2) is 5.65 Å². The summed E-state index contributed by atoms with van der Waals surface area (Å²) in [7, 11) is 0. The second kappa shape index (κ2) is 9.12. The monoisotopic (exact) mass is 443 g/mol. The Labute approximate surface area is 190 Å². The van der Waals surface area contributed by atoms with E-state index < -0.39 is 5.69 Å². The van der Waals surface area contributed by atoms with Crippen LogP contribution < -0.4 is 16.3 Å². The van der Waals surface area contributed by atoms with E-state index in [2.05, 4.69) is 15.7 Å². The van der Waals surface area contributed by atoms with Crippen molar-refractivity contribution in [2.45, 2.75) is 33.9 Å². The molecular weight excluding hydrogens is 418 g/mol. The van der Waals surface area contributed by atoms with Gasteiger partial charge in [-0.05, 0) is 50.1 Å². The lowest BCUT2D eigenvalue weighted by Crippen LogP contribution is -2.29. The molecule has 2 aromatic heterocycles. The van der Waals surface area contributed by atoms with Crippen molar-refractivity contribution < 1.29 is 9.59 Å². The Bertz CT molecular complexity index is 1400. The zero-order valence-electron chi connectivity index (χ0n) is 18.8. The molecule has 0 atom stereocenters. The highest BCUT2D eigenvalue weighted by Crippen LogP contribution is 2.16. The number of anilines is 1. The van der Waals surface area contributed by atoms with Gasteiger partial charge in [0, 0.05) is 18.4 Å². The number of nitrogens with zero attached hydrogens (tertiary/aromatic N) is 3. The molecule has 0 aliphatic rings. The van der Waals surface area contributed by atoms with E-state index in [-0.39, 0.29) is 18.4 Å². The third kappa shape index (κ3) is 5.01. The molecule has 0 fully saturated rings. The fourth-order valence-corrected chi connectivity index (χ4v) is 3.53. The maximum absolute atomic E-state index is 12.8. The van der Waals surface area contributed by atoms with Gasteiger partial charge in [-0.3, -0.25) is 9.59 Å². The number of amides is 2. The Morgan fingerprint density at radius 3 is 2.39 bits per heavy atom. The van der Waals surface area contributed by atoms with E-state index in [0.717, 1.165) is 26.9 Å². The van der Waals surface area contributed by atoms with Crippen molar-refractivity contribution >= 4 is 23.1 Å².